The fraction of sp³-hybridized carbons (Fsp3) is 0.0870. The van der Waals surface area contributed by atoms with E-state index in [-0.39, 0.29) is 0 Å². The number of pyridine rings is 1. The van der Waals surface area contributed by atoms with Gasteiger partial charge < -0.3 is 4.90 Å². The van der Waals surface area contributed by atoms with E-state index in [2.05, 4.69) is 46.3 Å². The minimum atomic E-state index is 0.632. The third kappa shape index (κ3) is 3.36. The Kier molecular flexibility index (Phi) is 4.61. The Morgan fingerprint density at radius 1 is 0.893 bits per heavy atom. The highest BCUT2D eigenvalue weighted by atomic mass is 15.3. The summed E-state index contributed by atoms with van der Waals surface area (Å²) in [6.07, 6.45) is 1.76. The fourth-order valence-corrected chi connectivity index (χ4v) is 3.03. The van der Waals surface area contributed by atoms with Crippen molar-refractivity contribution in [2.75, 3.05) is 19.0 Å². The van der Waals surface area contributed by atoms with Crippen LogP contribution in [-0.4, -0.2) is 28.9 Å². The van der Waals surface area contributed by atoms with Crippen molar-refractivity contribution < 1.29 is 0 Å². The minimum absolute atomic E-state index is 0.632. The highest BCUT2D eigenvalue weighted by Gasteiger charge is 2.14. The number of hydrogen-bond donors (Lipinski definition) is 0. The molecule has 0 aliphatic heterocycles. The lowest BCUT2D eigenvalue weighted by atomic mass is 10.1. The molecule has 2 aromatic heterocycles. The molecule has 4 aromatic rings. The molecule has 5 heteroatoms. The largest absolute Gasteiger partial charge is 0.378 e. The van der Waals surface area contributed by atoms with Crippen LogP contribution >= 0.6 is 0 Å². The highest BCUT2D eigenvalue weighted by Crippen LogP contribution is 2.29. The van der Waals surface area contributed by atoms with E-state index in [4.69, 9.17) is 10.4 Å². The number of rotatable bonds is 4. The Morgan fingerprint density at radius 3 is 2.21 bits per heavy atom. The molecule has 5 nitrogen and oxygen atoms in total. The smallest absolute Gasteiger partial charge is 0.153 e. The molecule has 0 spiro atoms. The van der Waals surface area contributed by atoms with Crippen LogP contribution in [0.4, 0.5) is 5.69 Å². The van der Waals surface area contributed by atoms with Gasteiger partial charge in [0.05, 0.1) is 23.0 Å². The van der Waals surface area contributed by atoms with Crippen LogP contribution < -0.4 is 4.90 Å². The first-order valence-corrected chi connectivity index (χ1v) is 8.95. The Labute approximate surface area is 164 Å². The molecule has 28 heavy (non-hydrogen) atoms. The number of anilines is 1. The maximum atomic E-state index is 9.02. The van der Waals surface area contributed by atoms with Crippen LogP contribution in [0.2, 0.25) is 0 Å². The van der Waals surface area contributed by atoms with Crippen LogP contribution in [0.15, 0.2) is 79.0 Å². The molecule has 2 heterocycles. The summed E-state index contributed by atoms with van der Waals surface area (Å²) < 4.78 is 1.86. The maximum absolute atomic E-state index is 9.02. The molecule has 0 saturated heterocycles. The summed E-state index contributed by atoms with van der Waals surface area (Å²) >= 11 is 0. The summed E-state index contributed by atoms with van der Waals surface area (Å²) in [6, 6.07) is 25.8. The molecule has 0 aliphatic carbocycles. The molecule has 0 saturated carbocycles. The van der Waals surface area contributed by atoms with Gasteiger partial charge in [0.1, 0.15) is 0 Å². The first kappa shape index (κ1) is 17.5. The van der Waals surface area contributed by atoms with Gasteiger partial charge in [0, 0.05) is 37.1 Å². The summed E-state index contributed by atoms with van der Waals surface area (Å²) in [5.74, 6) is 0.758. The van der Waals surface area contributed by atoms with Crippen LogP contribution in [0.25, 0.3) is 28.3 Å². The number of benzene rings is 2. The van der Waals surface area contributed by atoms with Crippen LogP contribution in [0.5, 0.6) is 0 Å². The van der Waals surface area contributed by atoms with Crippen molar-refractivity contribution in [3.8, 4) is 34.4 Å². The Morgan fingerprint density at radius 2 is 1.61 bits per heavy atom. The molecule has 0 atom stereocenters. The van der Waals surface area contributed by atoms with E-state index in [9.17, 15) is 0 Å². The van der Waals surface area contributed by atoms with Gasteiger partial charge in [-0.05, 0) is 42.5 Å². The zero-order chi connectivity index (χ0) is 19.5. The second-order valence-electron chi connectivity index (χ2n) is 6.65. The van der Waals surface area contributed by atoms with Crippen LogP contribution in [0, 0.1) is 11.3 Å². The quantitative estimate of drug-likeness (QED) is 0.533. The summed E-state index contributed by atoms with van der Waals surface area (Å²) in [5.41, 5.74) is 5.58. The number of aromatic nitrogens is 3. The van der Waals surface area contributed by atoms with Crippen molar-refractivity contribution in [2.45, 2.75) is 0 Å². The molecule has 0 unspecified atom stereocenters. The summed E-state index contributed by atoms with van der Waals surface area (Å²) in [5, 5.41) is 13.8. The SMILES string of the molecule is CN(C)c1ccc(-c2cc(-c3ccc(C#N)cc3)nn2-c2ccccn2)cc1. The summed E-state index contributed by atoms with van der Waals surface area (Å²) in [6.45, 7) is 0. The first-order valence-electron chi connectivity index (χ1n) is 8.95. The molecule has 0 N–H and O–H groups in total. The van der Waals surface area contributed by atoms with Crippen molar-refractivity contribution in [1.29, 1.82) is 5.26 Å². The Hall–Kier alpha value is -3.91. The zero-order valence-corrected chi connectivity index (χ0v) is 15.7. The predicted molar refractivity (Wildman–Crippen MR) is 111 cm³/mol. The van der Waals surface area contributed by atoms with Gasteiger partial charge in [0.2, 0.25) is 0 Å². The lowest BCUT2D eigenvalue weighted by molar-refractivity contribution is 0.857. The number of hydrogen-bond acceptors (Lipinski definition) is 4. The third-order valence-electron chi connectivity index (χ3n) is 4.56. The molecule has 0 aliphatic rings. The van der Waals surface area contributed by atoms with Crippen LogP contribution in [-0.2, 0) is 0 Å². The molecular formula is C23H19N5. The normalized spacial score (nSPS) is 10.5. The second kappa shape index (κ2) is 7.37. The van der Waals surface area contributed by atoms with E-state index in [1.54, 1.807) is 18.3 Å². The molecule has 0 amide bonds. The van der Waals surface area contributed by atoms with Gasteiger partial charge in [-0.1, -0.05) is 30.3 Å². The van der Waals surface area contributed by atoms with Crippen molar-refractivity contribution in [3.05, 3.63) is 84.6 Å². The molecule has 0 radical (unpaired) electrons. The summed E-state index contributed by atoms with van der Waals surface area (Å²) in [4.78, 5) is 6.54. The average molecular weight is 365 g/mol. The van der Waals surface area contributed by atoms with E-state index < -0.39 is 0 Å². The highest BCUT2D eigenvalue weighted by molar-refractivity contribution is 5.71. The molecular weight excluding hydrogens is 346 g/mol. The first-order chi connectivity index (χ1) is 13.7. The van der Waals surface area contributed by atoms with Crippen molar-refractivity contribution in [3.63, 3.8) is 0 Å². The molecule has 136 valence electrons. The third-order valence-corrected chi connectivity index (χ3v) is 4.56. The molecule has 4 rings (SSSR count). The standard InChI is InChI=1S/C23H19N5/c1-27(2)20-12-10-19(11-13-20)22-15-21(18-8-6-17(16-24)7-9-18)26-28(22)23-5-3-4-14-25-23/h3-15H,1-2H3. The average Bonchev–Trinajstić information content (AvgIpc) is 3.20. The second-order valence-corrected chi connectivity index (χ2v) is 6.65. The van der Waals surface area contributed by atoms with Crippen molar-refractivity contribution >= 4 is 5.69 Å². The Bertz CT molecular complexity index is 1120. The van der Waals surface area contributed by atoms with Crippen molar-refractivity contribution in [2.24, 2.45) is 0 Å². The molecule has 2 aromatic carbocycles. The maximum Gasteiger partial charge on any atom is 0.153 e. The summed E-state index contributed by atoms with van der Waals surface area (Å²) in [7, 11) is 4.05. The lowest BCUT2D eigenvalue weighted by Gasteiger charge is -2.13. The monoisotopic (exact) mass is 365 g/mol. The number of nitriles is 1. The van der Waals surface area contributed by atoms with Gasteiger partial charge >= 0.3 is 0 Å². The molecule has 0 bridgehead atoms. The van der Waals surface area contributed by atoms with Gasteiger partial charge in [-0.2, -0.15) is 10.4 Å². The number of nitrogens with zero attached hydrogens (tertiary/aromatic N) is 5. The van der Waals surface area contributed by atoms with E-state index >= 15 is 0 Å². The predicted octanol–water partition coefficient (Wildman–Crippen LogP) is 4.54. The fourth-order valence-electron chi connectivity index (χ4n) is 3.03. The van der Waals surface area contributed by atoms with Gasteiger partial charge in [-0.3, -0.25) is 0 Å². The van der Waals surface area contributed by atoms with Gasteiger partial charge in [-0.15, -0.1) is 0 Å². The Balaban J connectivity index is 1.83. The van der Waals surface area contributed by atoms with Gasteiger partial charge in [0.15, 0.2) is 5.82 Å². The molecule has 0 fully saturated rings. The lowest BCUT2D eigenvalue weighted by Crippen LogP contribution is -2.08. The van der Waals surface area contributed by atoms with Crippen LogP contribution in [0.3, 0.4) is 0 Å². The van der Waals surface area contributed by atoms with E-state index in [0.29, 0.717) is 5.56 Å². The van der Waals surface area contributed by atoms with E-state index in [0.717, 1.165) is 34.0 Å². The zero-order valence-electron chi connectivity index (χ0n) is 15.7. The van der Waals surface area contributed by atoms with Crippen LogP contribution in [0.1, 0.15) is 5.56 Å². The van der Waals surface area contributed by atoms with Crippen molar-refractivity contribution in [1.82, 2.24) is 14.8 Å². The van der Waals surface area contributed by atoms with Gasteiger partial charge in [0.25, 0.3) is 0 Å². The van der Waals surface area contributed by atoms with E-state index in [1.165, 1.54) is 0 Å². The topological polar surface area (TPSA) is 57.7 Å². The van der Waals surface area contributed by atoms with Gasteiger partial charge in [-0.25, -0.2) is 9.67 Å². The minimum Gasteiger partial charge on any atom is -0.378 e. The van der Waals surface area contributed by atoms with E-state index in [1.807, 2.05) is 49.1 Å².